The molecule has 2 aliphatic rings. The van der Waals surface area contributed by atoms with Crippen molar-refractivity contribution < 1.29 is 9.53 Å². The number of carbonyl (C=O) groups excluding carboxylic acids is 1. The summed E-state index contributed by atoms with van der Waals surface area (Å²) in [6.45, 7) is 4.91. The number of aromatic nitrogens is 2. The van der Waals surface area contributed by atoms with Gasteiger partial charge in [-0.05, 0) is 37.8 Å². The minimum absolute atomic E-state index is 0.119. The molecule has 1 spiro atoms. The predicted molar refractivity (Wildman–Crippen MR) is 101 cm³/mol. The summed E-state index contributed by atoms with van der Waals surface area (Å²) >= 11 is 7.95. The van der Waals surface area contributed by atoms with Gasteiger partial charge in [-0.3, -0.25) is 14.4 Å². The van der Waals surface area contributed by atoms with E-state index in [1.807, 2.05) is 12.4 Å². The van der Waals surface area contributed by atoms with Crippen LogP contribution in [-0.4, -0.2) is 39.8 Å². The van der Waals surface area contributed by atoms with Crippen LogP contribution in [0.15, 0.2) is 18.5 Å². The molecule has 2 atom stereocenters. The molecular formula is C18H23ClN4O2S. The fourth-order valence-electron chi connectivity index (χ4n) is 4.18. The number of ether oxygens (including phenoxy) is 1. The molecule has 0 radical (unpaired) electrons. The lowest BCUT2D eigenvalue weighted by molar-refractivity contribution is -0.118. The number of likely N-dealkylation sites (tertiary alicyclic amines) is 1. The average Bonchev–Trinajstić information content (AvgIpc) is 3.16. The molecule has 0 aliphatic carbocycles. The van der Waals surface area contributed by atoms with Crippen LogP contribution >= 0.6 is 22.9 Å². The molecule has 0 bridgehead atoms. The molecule has 0 saturated carbocycles. The molecule has 2 aliphatic heterocycles. The molecule has 6 nitrogen and oxygen atoms in total. The van der Waals surface area contributed by atoms with Crippen LogP contribution < -0.4 is 5.73 Å². The second-order valence-electron chi connectivity index (χ2n) is 7.28. The number of hydrogen-bond acceptors (Lipinski definition) is 5. The summed E-state index contributed by atoms with van der Waals surface area (Å²) < 4.78 is 8.77. The maximum Gasteiger partial charge on any atom is 0.239 e. The lowest BCUT2D eigenvalue weighted by Gasteiger charge is -2.47. The fourth-order valence-corrected chi connectivity index (χ4v) is 5.66. The third-order valence-electron chi connectivity index (χ3n) is 5.38. The number of carbonyl (C=O) groups is 1. The van der Waals surface area contributed by atoms with Crippen molar-refractivity contribution in [2.75, 3.05) is 13.2 Å². The van der Waals surface area contributed by atoms with E-state index in [1.54, 1.807) is 16.0 Å². The average molecular weight is 395 g/mol. The second-order valence-corrected chi connectivity index (χ2v) is 8.97. The van der Waals surface area contributed by atoms with Gasteiger partial charge in [0.05, 0.1) is 17.1 Å². The summed E-state index contributed by atoms with van der Waals surface area (Å²) in [5.41, 5.74) is 7.50. The van der Waals surface area contributed by atoms with E-state index in [4.69, 9.17) is 22.1 Å². The van der Waals surface area contributed by atoms with Crippen LogP contribution in [0.1, 0.15) is 35.8 Å². The minimum Gasteiger partial charge on any atom is -0.369 e. The quantitative estimate of drug-likeness (QED) is 0.864. The maximum absolute atomic E-state index is 11.0. The summed E-state index contributed by atoms with van der Waals surface area (Å²) in [6.07, 6.45) is 6.60. The highest BCUT2D eigenvalue weighted by atomic mass is 35.5. The summed E-state index contributed by atoms with van der Waals surface area (Å²) in [7, 11) is 0. The van der Waals surface area contributed by atoms with Crippen LogP contribution in [0, 0.1) is 0 Å². The number of rotatable bonds is 4. The number of halogens is 1. The molecule has 1 amide bonds. The van der Waals surface area contributed by atoms with Crippen molar-refractivity contribution in [2.45, 2.75) is 50.9 Å². The van der Waals surface area contributed by atoms with Gasteiger partial charge < -0.3 is 10.5 Å². The first-order chi connectivity index (χ1) is 12.4. The third-order valence-corrected chi connectivity index (χ3v) is 6.88. The fraction of sp³-hybridized carbons (Fsp3) is 0.556. The molecule has 2 aromatic heterocycles. The Morgan fingerprint density at radius 2 is 2.42 bits per heavy atom. The van der Waals surface area contributed by atoms with E-state index in [1.165, 1.54) is 10.4 Å². The summed E-state index contributed by atoms with van der Waals surface area (Å²) in [5, 5.41) is 4.21. The van der Waals surface area contributed by atoms with E-state index in [2.05, 4.69) is 23.0 Å². The number of nitrogens with zero attached hydrogens (tertiary/aromatic N) is 3. The Morgan fingerprint density at radius 3 is 3.19 bits per heavy atom. The summed E-state index contributed by atoms with van der Waals surface area (Å²) in [4.78, 5) is 14.8. The number of piperidine rings is 1. The first kappa shape index (κ1) is 18.0. The first-order valence-electron chi connectivity index (χ1n) is 8.91. The van der Waals surface area contributed by atoms with Crippen molar-refractivity contribution in [1.29, 1.82) is 0 Å². The van der Waals surface area contributed by atoms with Crippen LogP contribution in [0.3, 0.4) is 0 Å². The minimum atomic E-state index is -0.382. The highest BCUT2D eigenvalue weighted by molar-refractivity contribution is 7.16. The normalized spacial score (nSPS) is 26.2. The Balaban J connectivity index is 1.46. The Bertz CT molecular complexity index is 820. The van der Waals surface area contributed by atoms with Crippen molar-refractivity contribution in [3.05, 3.63) is 38.8 Å². The van der Waals surface area contributed by atoms with Crippen LogP contribution in [0.2, 0.25) is 4.34 Å². The van der Waals surface area contributed by atoms with Gasteiger partial charge >= 0.3 is 0 Å². The Hall–Kier alpha value is -1.41. The van der Waals surface area contributed by atoms with Crippen molar-refractivity contribution in [2.24, 2.45) is 5.73 Å². The molecule has 4 rings (SSSR count). The molecule has 0 aromatic carbocycles. The van der Waals surface area contributed by atoms with Crippen LogP contribution in [0.4, 0.5) is 0 Å². The van der Waals surface area contributed by atoms with E-state index in [9.17, 15) is 4.79 Å². The highest BCUT2D eigenvalue weighted by Gasteiger charge is 2.44. The van der Waals surface area contributed by atoms with E-state index in [0.29, 0.717) is 6.04 Å². The van der Waals surface area contributed by atoms with Crippen molar-refractivity contribution in [3.8, 4) is 0 Å². The molecular weight excluding hydrogens is 372 g/mol. The zero-order chi connectivity index (χ0) is 18.3. The number of primary amides is 1. The lowest BCUT2D eigenvalue weighted by Crippen LogP contribution is -2.49. The van der Waals surface area contributed by atoms with E-state index < -0.39 is 0 Å². The van der Waals surface area contributed by atoms with E-state index >= 15 is 0 Å². The van der Waals surface area contributed by atoms with Gasteiger partial charge in [-0.25, -0.2) is 0 Å². The molecule has 4 heterocycles. The topological polar surface area (TPSA) is 73.4 Å². The van der Waals surface area contributed by atoms with Gasteiger partial charge in [-0.2, -0.15) is 5.10 Å². The summed E-state index contributed by atoms with van der Waals surface area (Å²) in [5.74, 6) is -0.382. The van der Waals surface area contributed by atoms with Gasteiger partial charge in [-0.1, -0.05) is 11.6 Å². The standard InChI is InChI=1S/C18H23ClN4O2S/c1-12-7-18(17-14(2-5-25-18)6-15(19)26-17)3-4-22(12)9-13-8-21-23(10-13)11-16(20)24/h6,8,10,12H,2-5,7,9,11H2,1H3,(H2,20,24)/t12-,18+/m0/s1. The molecule has 26 heavy (non-hydrogen) atoms. The largest absolute Gasteiger partial charge is 0.369 e. The van der Waals surface area contributed by atoms with E-state index in [0.717, 1.165) is 48.9 Å². The van der Waals surface area contributed by atoms with Crippen molar-refractivity contribution in [3.63, 3.8) is 0 Å². The monoisotopic (exact) mass is 394 g/mol. The van der Waals surface area contributed by atoms with Gasteiger partial charge in [0.2, 0.25) is 5.91 Å². The van der Waals surface area contributed by atoms with Crippen LogP contribution in [0.25, 0.3) is 0 Å². The molecule has 140 valence electrons. The Kier molecular flexibility index (Phi) is 4.81. The van der Waals surface area contributed by atoms with Crippen molar-refractivity contribution in [1.82, 2.24) is 14.7 Å². The van der Waals surface area contributed by atoms with Crippen LogP contribution in [0.5, 0.6) is 0 Å². The van der Waals surface area contributed by atoms with Crippen molar-refractivity contribution >= 4 is 28.8 Å². The number of thiophene rings is 1. The molecule has 0 unspecified atom stereocenters. The SMILES string of the molecule is C[C@H]1C[C@@]2(CCN1Cc1cnn(CC(N)=O)c1)OCCc1cc(Cl)sc12. The highest BCUT2D eigenvalue weighted by Crippen LogP contribution is 2.48. The third kappa shape index (κ3) is 3.41. The first-order valence-corrected chi connectivity index (χ1v) is 10.1. The van der Waals surface area contributed by atoms with Gasteiger partial charge in [0, 0.05) is 35.8 Å². The van der Waals surface area contributed by atoms with Gasteiger partial charge in [0.15, 0.2) is 0 Å². The van der Waals surface area contributed by atoms with Gasteiger partial charge in [-0.15, -0.1) is 11.3 Å². The second kappa shape index (κ2) is 6.96. The van der Waals surface area contributed by atoms with Gasteiger partial charge in [0.1, 0.15) is 12.1 Å². The zero-order valence-electron chi connectivity index (χ0n) is 14.8. The number of nitrogens with two attached hydrogens (primary N) is 1. The molecule has 2 aromatic rings. The number of hydrogen-bond donors (Lipinski definition) is 1. The Labute approximate surface area is 161 Å². The zero-order valence-corrected chi connectivity index (χ0v) is 16.4. The number of amides is 1. The predicted octanol–water partition coefficient (Wildman–Crippen LogP) is 2.54. The molecule has 2 N–H and O–H groups in total. The van der Waals surface area contributed by atoms with Gasteiger partial charge in [0.25, 0.3) is 0 Å². The maximum atomic E-state index is 11.0. The van der Waals surface area contributed by atoms with E-state index in [-0.39, 0.29) is 18.1 Å². The summed E-state index contributed by atoms with van der Waals surface area (Å²) in [6, 6.07) is 2.49. The molecule has 8 heteroatoms. The van der Waals surface area contributed by atoms with Crippen LogP contribution in [-0.2, 0) is 34.6 Å². The lowest BCUT2D eigenvalue weighted by atomic mass is 9.82. The molecule has 1 saturated heterocycles. The Morgan fingerprint density at radius 1 is 1.58 bits per heavy atom. The smallest absolute Gasteiger partial charge is 0.239 e. The number of fused-ring (bicyclic) bond motifs is 2. The molecule has 1 fully saturated rings.